The average molecular weight is 386 g/mol. The summed E-state index contributed by atoms with van der Waals surface area (Å²) in [6.07, 6.45) is -3.84. The first kappa shape index (κ1) is 21.0. The summed E-state index contributed by atoms with van der Waals surface area (Å²) in [7, 11) is 0. The summed E-state index contributed by atoms with van der Waals surface area (Å²) in [5.41, 5.74) is 0.242. The predicted octanol–water partition coefficient (Wildman–Crippen LogP) is 3.10. The van der Waals surface area contributed by atoms with E-state index < -0.39 is 36.7 Å². The summed E-state index contributed by atoms with van der Waals surface area (Å²) in [4.78, 5) is 24.4. The van der Waals surface area contributed by atoms with Crippen LogP contribution >= 0.6 is 11.6 Å². The van der Waals surface area contributed by atoms with Crippen LogP contribution in [0.5, 0.6) is 5.75 Å². The molecule has 0 saturated carbocycles. The van der Waals surface area contributed by atoms with Gasteiger partial charge in [0.15, 0.2) is 6.61 Å². The molecular weight excluding hydrogens is 370 g/mol. The second-order valence-electron chi connectivity index (χ2n) is 4.76. The smallest absolute Gasteiger partial charge is 0.340 e. The van der Waals surface area contributed by atoms with Crippen LogP contribution in [0.4, 0.5) is 23.2 Å². The Morgan fingerprint density at radius 2 is 1.84 bits per heavy atom. The third-order valence-electron chi connectivity index (χ3n) is 2.91. The Kier molecular flexibility index (Phi) is 7.95. The van der Waals surface area contributed by atoms with Crippen molar-refractivity contribution in [2.24, 2.45) is 0 Å². The normalized spacial score (nSPS) is 11.3. The van der Waals surface area contributed by atoms with Gasteiger partial charge in [-0.2, -0.15) is 8.78 Å². The van der Waals surface area contributed by atoms with Crippen LogP contribution in [0.1, 0.15) is 6.92 Å². The van der Waals surface area contributed by atoms with Gasteiger partial charge in [-0.3, -0.25) is 9.59 Å². The minimum Gasteiger partial charge on any atom is -0.487 e. The highest BCUT2D eigenvalue weighted by molar-refractivity contribution is 6.29. The zero-order chi connectivity index (χ0) is 19.0. The van der Waals surface area contributed by atoms with E-state index in [-0.39, 0.29) is 24.6 Å². The standard InChI is InChI=1S/C15H16ClF4NO4/c1-2-24-13(23)8-21(12(22)7-16)10-3-5-11(6-4-10)25-9-15(19,20)14(17)18/h3-6,14H,2,7-9H2,1H3. The zero-order valence-electron chi connectivity index (χ0n) is 13.2. The molecule has 0 radical (unpaired) electrons. The van der Waals surface area contributed by atoms with Crippen molar-refractivity contribution in [1.82, 2.24) is 0 Å². The molecule has 0 N–H and O–H groups in total. The Bertz CT molecular complexity index is 583. The largest absolute Gasteiger partial charge is 0.487 e. The number of nitrogens with zero attached hydrogens (tertiary/aromatic N) is 1. The summed E-state index contributed by atoms with van der Waals surface area (Å²) in [5, 5.41) is 0. The van der Waals surface area contributed by atoms with Gasteiger partial charge in [0.2, 0.25) is 5.91 Å². The first-order valence-corrected chi connectivity index (χ1v) is 7.65. The van der Waals surface area contributed by atoms with Crippen LogP contribution in [-0.4, -0.2) is 49.9 Å². The molecule has 0 spiro atoms. The van der Waals surface area contributed by atoms with Crippen LogP contribution in [0.15, 0.2) is 24.3 Å². The van der Waals surface area contributed by atoms with E-state index >= 15 is 0 Å². The quantitative estimate of drug-likeness (QED) is 0.372. The second-order valence-corrected chi connectivity index (χ2v) is 5.03. The number of carbonyl (C=O) groups is 2. The van der Waals surface area contributed by atoms with E-state index in [1.54, 1.807) is 6.92 Å². The highest BCUT2D eigenvalue weighted by atomic mass is 35.5. The van der Waals surface area contributed by atoms with E-state index in [0.29, 0.717) is 0 Å². The van der Waals surface area contributed by atoms with Gasteiger partial charge in [-0.25, -0.2) is 8.78 Å². The monoisotopic (exact) mass is 385 g/mol. The molecule has 1 aromatic carbocycles. The molecule has 25 heavy (non-hydrogen) atoms. The summed E-state index contributed by atoms with van der Waals surface area (Å²) in [5.74, 6) is -5.99. The molecule has 140 valence electrons. The molecule has 0 aromatic heterocycles. The highest BCUT2D eigenvalue weighted by Gasteiger charge is 2.41. The van der Waals surface area contributed by atoms with Gasteiger partial charge in [0.25, 0.3) is 0 Å². The van der Waals surface area contributed by atoms with Crippen LogP contribution in [0.3, 0.4) is 0 Å². The van der Waals surface area contributed by atoms with Gasteiger partial charge in [-0.15, -0.1) is 11.6 Å². The molecule has 0 aliphatic heterocycles. The molecule has 0 heterocycles. The van der Waals surface area contributed by atoms with Gasteiger partial charge >= 0.3 is 18.3 Å². The third-order valence-corrected chi connectivity index (χ3v) is 3.14. The van der Waals surface area contributed by atoms with Crippen molar-refractivity contribution in [2.45, 2.75) is 19.3 Å². The molecule has 0 aliphatic carbocycles. The molecule has 5 nitrogen and oxygen atoms in total. The lowest BCUT2D eigenvalue weighted by atomic mass is 10.2. The molecule has 1 rings (SSSR count). The second kappa shape index (κ2) is 9.45. The first-order valence-electron chi connectivity index (χ1n) is 7.12. The van der Waals surface area contributed by atoms with Crippen LogP contribution in [0.25, 0.3) is 0 Å². The van der Waals surface area contributed by atoms with E-state index in [0.717, 1.165) is 4.90 Å². The number of rotatable bonds is 9. The zero-order valence-corrected chi connectivity index (χ0v) is 13.9. The fraction of sp³-hybridized carbons (Fsp3) is 0.467. The maximum atomic E-state index is 12.8. The summed E-state index contributed by atoms with van der Waals surface area (Å²) in [6.45, 7) is -0.139. The molecule has 0 saturated heterocycles. The van der Waals surface area contributed by atoms with Gasteiger partial charge in [0.1, 0.15) is 18.2 Å². The highest BCUT2D eigenvalue weighted by Crippen LogP contribution is 2.25. The molecule has 1 aromatic rings. The van der Waals surface area contributed by atoms with E-state index in [9.17, 15) is 27.2 Å². The van der Waals surface area contributed by atoms with Crippen molar-refractivity contribution in [3.63, 3.8) is 0 Å². The number of amides is 1. The van der Waals surface area contributed by atoms with Crippen LogP contribution < -0.4 is 9.64 Å². The Balaban J connectivity index is 2.82. The number of halogens is 5. The lowest BCUT2D eigenvalue weighted by molar-refractivity contribution is -0.148. The fourth-order valence-corrected chi connectivity index (χ4v) is 1.84. The van der Waals surface area contributed by atoms with E-state index in [4.69, 9.17) is 16.3 Å². The van der Waals surface area contributed by atoms with Crippen LogP contribution in [0, 0.1) is 0 Å². The van der Waals surface area contributed by atoms with Gasteiger partial charge in [0.05, 0.1) is 6.61 Å². The SMILES string of the molecule is CCOC(=O)CN(C(=O)CCl)c1ccc(OCC(F)(F)C(F)F)cc1. The number of esters is 1. The average Bonchev–Trinajstić information content (AvgIpc) is 2.58. The summed E-state index contributed by atoms with van der Waals surface area (Å²) < 4.78 is 59.1. The minimum atomic E-state index is -4.27. The molecule has 0 bridgehead atoms. The van der Waals surface area contributed by atoms with E-state index in [2.05, 4.69) is 4.74 Å². The lowest BCUT2D eigenvalue weighted by Gasteiger charge is -2.21. The summed E-state index contributed by atoms with van der Waals surface area (Å²) in [6, 6.07) is 5.02. The third kappa shape index (κ3) is 6.41. The number of benzene rings is 1. The number of ether oxygens (including phenoxy) is 2. The number of anilines is 1. The van der Waals surface area contributed by atoms with Crippen molar-refractivity contribution in [3.05, 3.63) is 24.3 Å². The molecular formula is C15H16ClF4NO4. The van der Waals surface area contributed by atoms with Crippen molar-refractivity contribution in [2.75, 3.05) is 30.5 Å². The topological polar surface area (TPSA) is 55.8 Å². The number of hydrogen-bond acceptors (Lipinski definition) is 4. The molecule has 0 fully saturated rings. The Morgan fingerprint density at radius 1 is 1.24 bits per heavy atom. The van der Waals surface area contributed by atoms with Gasteiger partial charge in [-0.05, 0) is 31.2 Å². The molecule has 10 heteroatoms. The van der Waals surface area contributed by atoms with Crippen molar-refractivity contribution < 1.29 is 36.6 Å². The Morgan fingerprint density at radius 3 is 2.32 bits per heavy atom. The molecule has 0 unspecified atom stereocenters. The summed E-state index contributed by atoms with van der Waals surface area (Å²) >= 11 is 5.50. The van der Waals surface area contributed by atoms with E-state index in [1.165, 1.54) is 24.3 Å². The Labute approximate surface area is 146 Å². The first-order chi connectivity index (χ1) is 11.7. The number of alkyl halides is 5. The van der Waals surface area contributed by atoms with Crippen LogP contribution in [0.2, 0.25) is 0 Å². The molecule has 0 atom stereocenters. The molecule has 1 amide bonds. The van der Waals surface area contributed by atoms with Gasteiger partial charge in [-0.1, -0.05) is 0 Å². The lowest BCUT2D eigenvalue weighted by Crippen LogP contribution is -2.37. The maximum Gasteiger partial charge on any atom is 0.340 e. The molecule has 0 aliphatic rings. The number of carbonyl (C=O) groups excluding carboxylic acids is 2. The maximum absolute atomic E-state index is 12.8. The minimum absolute atomic E-state index is 0.0986. The van der Waals surface area contributed by atoms with Crippen molar-refractivity contribution >= 4 is 29.2 Å². The van der Waals surface area contributed by atoms with E-state index in [1.807, 2.05) is 0 Å². The Hall–Kier alpha value is -2.03. The van der Waals surface area contributed by atoms with Crippen molar-refractivity contribution in [1.29, 1.82) is 0 Å². The van der Waals surface area contributed by atoms with Crippen molar-refractivity contribution in [3.8, 4) is 5.75 Å². The van der Waals surface area contributed by atoms with Crippen LogP contribution in [-0.2, 0) is 14.3 Å². The van der Waals surface area contributed by atoms with Gasteiger partial charge in [0, 0.05) is 5.69 Å². The van der Waals surface area contributed by atoms with Gasteiger partial charge < -0.3 is 14.4 Å². The number of hydrogen-bond donors (Lipinski definition) is 0. The fourth-order valence-electron chi connectivity index (χ4n) is 1.70. The predicted molar refractivity (Wildman–Crippen MR) is 82.6 cm³/mol.